The fourth-order valence-electron chi connectivity index (χ4n) is 7.05. The monoisotopic (exact) mass is 574 g/mol. The first-order valence-corrected chi connectivity index (χ1v) is 15.4. The number of nitrogens with zero attached hydrogens (tertiary/aromatic N) is 7. The van der Waals surface area contributed by atoms with Gasteiger partial charge in [0.2, 0.25) is 5.95 Å². The summed E-state index contributed by atoms with van der Waals surface area (Å²) in [7, 11) is 0. The number of rotatable bonds is 8. The number of ketones is 1. The van der Waals surface area contributed by atoms with Crippen LogP contribution in [0.5, 0.6) is 0 Å². The summed E-state index contributed by atoms with van der Waals surface area (Å²) in [6.45, 7) is 10.5. The molecule has 0 atom stereocenters. The van der Waals surface area contributed by atoms with Gasteiger partial charge in [0.1, 0.15) is 11.5 Å². The highest BCUT2D eigenvalue weighted by atomic mass is 16.3. The molecule has 0 unspecified atom stereocenters. The molecule has 224 valence electrons. The number of hydrogen-bond acceptors (Lipinski definition) is 10. The lowest BCUT2D eigenvalue weighted by Gasteiger charge is -2.43. The molecule has 0 radical (unpaired) electrons. The van der Waals surface area contributed by atoms with Crippen LogP contribution in [-0.4, -0.2) is 98.7 Å². The van der Waals surface area contributed by atoms with Crippen LogP contribution in [0.15, 0.2) is 29.3 Å². The van der Waals surface area contributed by atoms with Crippen molar-refractivity contribution in [3.63, 3.8) is 0 Å². The minimum absolute atomic E-state index is 0.0406. The molecule has 3 aromatic rings. The van der Waals surface area contributed by atoms with Crippen molar-refractivity contribution >= 4 is 34.3 Å². The van der Waals surface area contributed by atoms with Gasteiger partial charge in [0.25, 0.3) is 5.56 Å². The van der Waals surface area contributed by atoms with Gasteiger partial charge in [-0.25, -0.2) is 9.97 Å². The molecule has 0 amide bonds. The van der Waals surface area contributed by atoms with E-state index >= 15 is 0 Å². The van der Waals surface area contributed by atoms with Gasteiger partial charge in [-0.1, -0.05) is 12.8 Å². The minimum Gasteiger partial charge on any atom is -0.395 e. The molecule has 6 rings (SSSR count). The molecule has 2 saturated heterocycles. The van der Waals surface area contributed by atoms with E-state index in [2.05, 4.69) is 36.1 Å². The third-order valence-electron chi connectivity index (χ3n) is 9.41. The topological polar surface area (TPSA) is 120 Å². The van der Waals surface area contributed by atoms with Crippen molar-refractivity contribution in [2.75, 3.05) is 62.6 Å². The minimum atomic E-state index is -0.251. The number of aromatic nitrogens is 4. The Labute approximate surface area is 246 Å². The number of hydrogen-bond donors (Lipinski definition) is 2. The van der Waals surface area contributed by atoms with Crippen molar-refractivity contribution in [1.29, 1.82) is 0 Å². The molecular weight excluding hydrogens is 532 g/mol. The number of piperidine rings is 1. The predicted octanol–water partition coefficient (Wildman–Crippen LogP) is 3.13. The van der Waals surface area contributed by atoms with Crippen LogP contribution >= 0.6 is 0 Å². The molecule has 1 aliphatic carbocycles. The van der Waals surface area contributed by atoms with E-state index in [-0.39, 0.29) is 29.6 Å². The average molecular weight is 575 g/mol. The lowest BCUT2D eigenvalue weighted by Crippen LogP contribution is -2.53. The predicted molar refractivity (Wildman–Crippen MR) is 164 cm³/mol. The number of carbonyl (C=O) groups is 1. The summed E-state index contributed by atoms with van der Waals surface area (Å²) in [5.41, 5.74) is 2.30. The molecule has 11 heteroatoms. The van der Waals surface area contributed by atoms with E-state index in [1.165, 1.54) is 6.92 Å². The first kappa shape index (κ1) is 28.7. The van der Waals surface area contributed by atoms with Gasteiger partial charge >= 0.3 is 0 Å². The molecule has 0 bridgehead atoms. The van der Waals surface area contributed by atoms with Crippen LogP contribution in [0.3, 0.4) is 0 Å². The molecule has 2 aliphatic heterocycles. The number of aryl methyl sites for hydroxylation is 1. The van der Waals surface area contributed by atoms with Crippen LogP contribution in [0.1, 0.15) is 67.4 Å². The Hall–Kier alpha value is -3.41. The van der Waals surface area contributed by atoms with Crippen molar-refractivity contribution in [3.8, 4) is 0 Å². The number of carbonyl (C=O) groups excluding carboxylic acids is 1. The Balaban J connectivity index is 1.14. The van der Waals surface area contributed by atoms with Crippen LogP contribution in [0.2, 0.25) is 0 Å². The van der Waals surface area contributed by atoms with E-state index in [1.54, 1.807) is 17.7 Å². The fourth-order valence-corrected chi connectivity index (χ4v) is 7.05. The van der Waals surface area contributed by atoms with Crippen molar-refractivity contribution in [2.45, 2.75) is 64.5 Å². The molecule has 1 saturated carbocycles. The van der Waals surface area contributed by atoms with Gasteiger partial charge in [-0.3, -0.25) is 24.0 Å². The van der Waals surface area contributed by atoms with E-state index in [1.807, 2.05) is 12.3 Å². The summed E-state index contributed by atoms with van der Waals surface area (Å²) in [5, 5.41) is 13.1. The summed E-state index contributed by atoms with van der Waals surface area (Å²) in [6, 6.07) is 4.69. The van der Waals surface area contributed by atoms with Crippen LogP contribution < -0.4 is 15.8 Å². The number of aliphatic hydroxyl groups is 1. The highest BCUT2D eigenvalue weighted by molar-refractivity contribution is 5.99. The van der Waals surface area contributed by atoms with Crippen LogP contribution in [0, 0.1) is 6.92 Å². The van der Waals surface area contributed by atoms with E-state index in [0.717, 1.165) is 95.4 Å². The van der Waals surface area contributed by atoms with Gasteiger partial charge in [0, 0.05) is 69.5 Å². The maximum absolute atomic E-state index is 13.5. The summed E-state index contributed by atoms with van der Waals surface area (Å²) < 4.78 is 1.73. The first-order chi connectivity index (χ1) is 20.4. The molecule has 5 heterocycles. The van der Waals surface area contributed by atoms with Gasteiger partial charge in [-0.05, 0) is 57.2 Å². The standard InChI is InChI=1S/C31H42N8O3/c1-21-26-20-33-31(35-29(26)39(24-5-3-4-6-24)30(42)28(21)22(2)41)34-27-8-7-25(19-32-27)37-11-9-23(10-12-37)38-15-13-36(14-16-38)17-18-40/h7-8,19-20,23-24,40H,3-6,9-18H2,1-2H3,(H,32,33,34,35). The Bertz CT molecular complexity index is 1470. The van der Waals surface area contributed by atoms with E-state index < -0.39 is 0 Å². The molecule has 3 fully saturated rings. The highest BCUT2D eigenvalue weighted by Crippen LogP contribution is 2.32. The maximum atomic E-state index is 13.5. The highest BCUT2D eigenvalue weighted by Gasteiger charge is 2.28. The van der Waals surface area contributed by atoms with Crippen molar-refractivity contribution in [3.05, 3.63) is 46.0 Å². The molecule has 3 aliphatic rings. The number of pyridine rings is 2. The molecule has 42 heavy (non-hydrogen) atoms. The second kappa shape index (κ2) is 12.4. The first-order valence-electron chi connectivity index (χ1n) is 15.4. The second-order valence-corrected chi connectivity index (χ2v) is 11.9. The summed E-state index contributed by atoms with van der Waals surface area (Å²) in [4.78, 5) is 47.2. The lowest BCUT2D eigenvalue weighted by atomic mass is 10.0. The quantitative estimate of drug-likeness (QED) is 0.388. The fraction of sp³-hybridized carbons (Fsp3) is 0.581. The second-order valence-electron chi connectivity index (χ2n) is 11.9. The molecular formula is C31H42N8O3. The SMILES string of the molecule is CC(=O)c1c(C)c2cnc(Nc3ccc(N4CCC(N5CCN(CCO)CC5)CC4)cn3)nc2n(C2CCCC2)c1=O. The largest absolute Gasteiger partial charge is 0.395 e. The van der Waals surface area contributed by atoms with Gasteiger partial charge in [0.15, 0.2) is 5.78 Å². The van der Waals surface area contributed by atoms with Gasteiger partial charge < -0.3 is 15.3 Å². The molecule has 2 N–H and O–H groups in total. The maximum Gasteiger partial charge on any atom is 0.263 e. The summed E-state index contributed by atoms with van der Waals surface area (Å²) >= 11 is 0. The van der Waals surface area contributed by atoms with E-state index in [9.17, 15) is 14.7 Å². The zero-order valence-electron chi connectivity index (χ0n) is 24.8. The van der Waals surface area contributed by atoms with Gasteiger partial charge in [-0.2, -0.15) is 4.98 Å². The lowest BCUT2D eigenvalue weighted by molar-refractivity contribution is 0.0747. The molecule has 0 spiro atoms. The number of nitrogens with one attached hydrogen (secondary N) is 1. The summed E-state index contributed by atoms with van der Waals surface area (Å²) in [5.74, 6) is 0.795. The summed E-state index contributed by atoms with van der Waals surface area (Å²) in [6.07, 6.45) is 9.82. The zero-order chi connectivity index (χ0) is 29.2. The van der Waals surface area contributed by atoms with E-state index in [4.69, 9.17) is 4.98 Å². The number of piperazine rings is 1. The van der Waals surface area contributed by atoms with Crippen LogP contribution in [-0.2, 0) is 0 Å². The van der Waals surface area contributed by atoms with Gasteiger partial charge in [-0.15, -0.1) is 0 Å². The normalized spacial score (nSPS) is 19.5. The average Bonchev–Trinajstić information content (AvgIpc) is 3.53. The van der Waals surface area contributed by atoms with Gasteiger partial charge in [0.05, 0.1) is 24.1 Å². The third kappa shape index (κ3) is 5.77. The smallest absolute Gasteiger partial charge is 0.263 e. The van der Waals surface area contributed by atoms with Crippen LogP contribution in [0.25, 0.3) is 11.0 Å². The Kier molecular flexibility index (Phi) is 8.50. The van der Waals surface area contributed by atoms with Crippen molar-refractivity contribution in [2.24, 2.45) is 0 Å². The third-order valence-corrected chi connectivity index (χ3v) is 9.41. The molecule has 3 aromatic heterocycles. The van der Waals surface area contributed by atoms with Crippen LogP contribution in [0.4, 0.5) is 17.5 Å². The number of β-amino-alcohol motifs (C(OH)–C–C–N with tert-alkyl or cyclic N) is 1. The molecule has 11 nitrogen and oxygen atoms in total. The zero-order valence-corrected chi connectivity index (χ0v) is 24.8. The van der Waals surface area contributed by atoms with Crippen molar-refractivity contribution < 1.29 is 9.90 Å². The Morgan fingerprint density at radius 3 is 2.36 bits per heavy atom. The van der Waals surface area contributed by atoms with Crippen molar-refractivity contribution in [1.82, 2.24) is 29.3 Å². The Morgan fingerprint density at radius 2 is 1.71 bits per heavy atom. The van der Waals surface area contributed by atoms with E-state index in [0.29, 0.717) is 29.0 Å². The number of aliphatic hydroxyl groups excluding tert-OH is 1. The number of Topliss-reactive ketones (excluding diaryl/α,β-unsaturated/α-hetero) is 1. The number of anilines is 3. The number of fused-ring (bicyclic) bond motifs is 1. The molecule has 0 aromatic carbocycles. The Morgan fingerprint density at radius 1 is 0.976 bits per heavy atom.